The highest BCUT2D eigenvalue weighted by Gasteiger charge is 2.09. The minimum Gasteiger partial charge on any atom is -0.455 e. The Hall–Kier alpha value is -0.970. The Morgan fingerprint density at radius 2 is 1.89 bits per heavy atom. The summed E-state index contributed by atoms with van der Waals surface area (Å²) in [6.07, 6.45) is 1.54. The molecule has 2 nitrogen and oxygen atoms in total. The number of benzene rings is 2. The highest BCUT2D eigenvalue weighted by atomic mass is 79.9. The lowest BCUT2D eigenvalue weighted by Crippen LogP contribution is -1.93. The van der Waals surface area contributed by atoms with Crippen LogP contribution in [0.2, 0.25) is 0 Å². The summed E-state index contributed by atoms with van der Waals surface area (Å²) >= 11 is 5.12. The minimum atomic E-state index is -0.483. The van der Waals surface area contributed by atoms with E-state index < -0.39 is 6.10 Å². The molecule has 0 spiro atoms. The highest BCUT2D eigenvalue weighted by molar-refractivity contribution is 9.10. The predicted octanol–water partition coefficient (Wildman–Crippen LogP) is 5.02. The lowest BCUT2D eigenvalue weighted by atomic mass is 10.1. The average Bonchev–Trinajstić information content (AvgIpc) is 2.41. The topological polar surface area (TPSA) is 29.5 Å². The summed E-state index contributed by atoms with van der Waals surface area (Å²) in [5, 5.41) is 9.55. The van der Waals surface area contributed by atoms with Crippen molar-refractivity contribution in [3.8, 4) is 11.5 Å². The Balaban J connectivity index is 2.28. The molecular weight excluding hydrogens is 324 g/mol. The van der Waals surface area contributed by atoms with Crippen molar-refractivity contribution in [3.63, 3.8) is 0 Å². The Kier molecular flexibility index (Phi) is 4.91. The van der Waals surface area contributed by atoms with Crippen molar-refractivity contribution in [2.45, 2.75) is 17.9 Å². The Labute approximate surface area is 125 Å². The van der Waals surface area contributed by atoms with Crippen LogP contribution < -0.4 is 4.74 Å². The quantitative estimate of drug-likeness (QED) is 0.794. The molecule has 4 heteroatoms. The fourth-order valence-corrected chi connectivity index (χ4v) is 2.68. The van der Waals surface area contributed by atoms with Crippen LogP contribution in [0.4, 0.5) is 0 Å². The highest BCUT2D eigenvalue weighted by Crippen LogP contribution is 2.35. The number of hydrogen-bond acceptors (Lipinski definition) is 3. The van der Waals surface area contributed by atoms with Gasteiger partial charge in [-0.1, -0.05) is 18.2 Å². The molecule has 0 amide bonds. The maximum absolute atomic E-state index is 9.55. The lowest BCUT2D eigenvalue weighted by Gasteiger charge is -2.12. The van der Waals surface area contributed by atoms with Gasteiger partial charge < -0.3 is 9.84 Å². The van der Waals surface area contributed by atoms with Gasteiger partial charge in [-0.3, -0.25) is 0 Å². The molecule has 0 aliphatic rings. The standard InChI is InChI=1S/C15H15BrO2S/c1-10(17)11-7-8-13(12(16)9-11)18-14-5-3-4-6-15(14)19-2/h3-10,17H,1-2H3. The van der Waals surface area contributed by atoms with Gasteiger partial charge in [0.15, 0.2) is 0 Å². The molecule has 0 radical (unpaired) electrons. The van der Waals surface area contributed by atoms with Crippen LogP contribution in [0.3, 0.4) is 0 Å². The molecule has 19 heavy (non-hydrogen) atoms. The van der Waals surface area contributed by atoms with Gasteiger partial charge in [0.25, 0.3) is 0 Å². The van der Waals surface area contributed by atoms with E-state index in [2.05, 4.69) is 15.9 Å². The monoisotopic (exact) mass is 338 g/mol. The van der Waals surface area contributed by atoms with Gasteiger partial charge in [-0.25, -0.2) is 0 Å². The first-order chi connectivity index (χ1) is 9.11. The average molecular weight is 339 g/mol. The van der Waals surface area contributed by atoms with Crippen molar-refractivity contribution >= 4 is 27.7 Å². The van der Waals surface area contributed by atoms with Gasteiger partial charge in [0.2, 0.25) is 0 Å². The molecule has 2 rings (SSSR count). The van der Waals surface area contributed by atoms with E-state index in [9.17, 15) is 5.11 Å². The summed E-state index contributed by atoms with van der Waals surface area (Å²) in [7, 11) is 0. The number of aliphatic hydroxyl groups excluding tert-OH is 1. The van der Waals surface area contributed by atoms with Crippen LogP contribution in [0.15, 0.2) is 51.8 Å². The Bertz CT molecular complexity index is 570. The molecule has 0 aromatic heterocycles. The molecule has 0 heterocycles. The maximum Gasteiger partial charge on any atom is 0.141 e. The molecular formula is C15H15BrO2S. The fraction of sp³-hybridized carbons (Fsp3) is 0.200. The third-order valence-corrected chi connectivity index (χ3v) is 4.12. The van der Waals surface area contributed by atoms with Gasteiger partial charge in [-0.05, 0) is 58.9 Å². The molecule has 0 saturated heterocycles. The number of para-hydroxylation sites is 1. The van der Waals surface area contributed by atoms with E-state index in [1.54, 1.807) is 18.7 Å². The summed E-state index contributed by atoms with van der Waals surface area (Å²) in [5.41, 5.74) is 0.859. The second kappa shape index (κ2) is 6.46. The number of aliphatic hydroxyl groups is 1. The third-order valence-electron chi connectivity index (χ3n) is 2.73. The van der Waals surface area contributed by atoms with Gasteiger partial charge in [0.05, 0.1) is 10.6 Å². The van der Waals surface area contributed by atoms with Gasteiger partial charge >= 0.3 is 0 Å². The summed E-state index contributed by atoms with van der Waals surface area (Å²) < 4.78 is 6.75. The van der Waals surface area contributed by atoms with Crippen LogP contribution in [-0.4, -0.2) is 11.4 Å². The number of ether oxygens (including phenoxy) is 1. The zero-order chi connectivity index (χ0) is 13.8. The second-order valence-corrected chi connectivity index (χ2v) is 5.82. The zero-order valence-electron chi connectivity index (χ0n) is 10.8. The first kappa shape index (κ1) is 14.4. The van der Waals surface area contributed by atoms with Gasteiger partial charge in [0, 0.05) is 4.90 Å². The van der Waals surface area contributed by atoms with Crippen molar-refractivity contribution in [2.24, 2.45) is 0 Å². The van der Waals surface area contributed by atoms with Crippen LogP contribution >= 0.6 is 27.7 Å². The number of rotatable bonds is 4. The Morgan fingerprint density at radius 1 is 1.16 bits per heavy atom. The van der Waals surface area contributed by atoms with E-state index in [-0.39, 0.29) is 0 Å². The molecule has 1 N–H and O–H groups in total. The molecule has 0 saturated carbocycles. The van der Waals surface area contributed by atoms with Crippen LogP contribution in [-0.2, 0) is 0 Å². The van der Waals surface area contributed by atoms with Crippen molar-refractivity contribution in [1.29, 1.82) is 0 Å². The van der Waals surface area contributed by atoms with E-state index in [1.807, 2.05) is 48.7 Å². The van der Waals surface area contributed by atoms with Crippen molar-refractivity contribution in [3.05, 3.63) is 52.5 Å². The van der Waals surface area contributed by atoms with Crippen LogP contribution in [0.1, 0.15) is 18.6 Å². The molecule has 0 fully saturated rings. The summed E-state index contributed by atoms with van der Waals surface area (Å²) in [5.74, 6) is 1.58. The lowest BCUT2D eigenvalue weighted by molar-refractivity contribution is 0.199. The minimum absolute atomic E-state index is 0.483. The summed E-state index contributed by atoms with van der Waals surface area (Å²) in [6.45, 7) is 1.74. The van der Waals surface area contributed by atoms with E-state index >= 15 is 0 Å². The molecule has 2 aromatic carbocycles. The van der Waals surface area contributed by atoms with E-state index in [1.165, 1.54) is 0 Å². The Morgan fingerprint density at radius 3 is 2.53 bits per heavy atom. The van der Waals surface area contributed by atoms with E-state index in [4.69, 9.17) is 4.74 Å². The maximum atomic E-state index is 9.55. The summed E-state index contributed by atoms with van der Waals surface area (Å²) in [4.78, 5) is 1.09. The number of hydrogen-bond donors (Lipinski definition) is 1. The first-order valence-corrected chi connectivity index (χ1v) is 7.92. The van der Waals surface area contributed by atoms with E-state index in [0.29, 0.717) is 0 Å². The second-order valence-electron chi connectivity index (χ2n) is 4.12. The third kappa shape index (κ3) is 3.53. The van der Waals surface area contributed by atoms with Gasteiger partial charge in [0.1, 0.15) is 11.5 Å². The smallest absolute Gasteiger partial charge is 0.141 e. The van der Waals surface area contributed by atoms with Crippen molar-refractivity contribution in [1.82, 2.24) is 0 Å². The molecule has 1 unspecified atom stereocenters. The fourth-order valence-electron chi connectivity index (χ4n) is 1.68. The van der Waals surface area contributed by atoms with Crippen molar-refractivity contribution in [2.75, 3.05) is 6.26 Å². The molecule has 100 valence electrons. The van der Waals surface area contributed by atoms with E-state index in [0.717, 1.165) is 26.4 Å². The first-order valence-electron chi connectivity index (χ1n) is 5.90. The predicted molar refractivity (Wildman–Crippen MR) is 83.1 cm³/mol. The number of thioether (sulfide) groups is 1. The molecule has 1 atom stereocenters. The van der Waals surface area contributed by atoms with Gasteiger partial charge in [-0.2, -0.15) is 0 Å². The summed E-state index contributed by atoms with van der Waals surface area (Å²) in [6, 6.07) is 13.5. The van der Waals surface area contributed by atoms with Crippen LogP contribution in [0.5, 0.6) is 11.5 Å². The number of halogens is 1. The SMILES string of the molecule is CSc1ccccc1Oc1ccc(C(C)O)cc1Br. The van der Waals surface area contributed by atoms with Crippen LogP contribution in [0, 0.1) is 0 Å². The largest absolute Gasteiger partial charge is 0.455 e. The zero-order valence-corrected chi connectivity index (χ0v) is 13.2. The normalized spacial score (nSPS) is 12.2. The molecule has 0 aliphatic heterocycles. The van der Waals surface area contributed by atoms with Crippen LogP contribution in [0.25, 0.3) is 0 Å². The molecule has 0 bridgehead atoms. The van der Waals surface area contributed by atoms with Crippen molar-refractivity contribution < 1.29 is 9.84 Å². The molecule has 2 aromatic rings. The molecule has 0 aliphatic carbocycles. The van der Waals surface area contributed by atoms with Gasteiger partial charge in [-0.15, -0.1) is 11.8 Å².